The zero-order chi connectivity index (χ0) is 23.3. The van der Waals surface area contributed by atoms with Gasteiger partial charge < -0.3 is 14.3 Å². The van der Waals surface area contributed by atoms with E-state index in [1.807, 2.05) is 67.6 Å². The summed E-state index contributed by atoms with van der Waals surface area (Å²) in [6.45, 7) is 2.63. The van der Waals surface area contributed by atoms with Crippen molar-refractivity contribution in [1.82, 2.24) is 4.31 Å². The van der Waals surface area contributed by atoms with Crippen LogP contribution in [0.1, 0.15) is 16.7 Å². The number of nitrogens with zero attached hydrogens (tertiary/aromatic N) is 1. The maximum absolute atomic E-state index is 13.4. The smallest absolute Gasteiger partial charge is 0.244 e. The molecule has 3 aromatic rings. The largest absolute Gasteiger partial charge is 0.375 e. The fourth-order valence-electron chi connectivity index (χ4n) is 3.96. The van der Waals surface area contributed by atoms with E-state index in [4.69, 9.17) is 9.47 Å². The van der Waals surface area contributed by atoms with Gasteiger partial charge in [0.1, 0.15) is 18.4 Å². The summed E-state index contributed by atoms with van der Waals surface area (Å²) in [5.41, 5.74) is 2.89. The number of carbonyl (C=O) groups is 1. The molecule has 0 N–H and O–H groups in total. The summed E-state index contributed by atoms with van der Waals surface area (Å²) in [7, 11) is -3.90. The Balaban J connectivity index is 1.54. The molecule has 1 heterocycles. The van der Waals surface area contributed by atoms with Gasteiger partial charge in [-0.2, -0.15) is 4.31 Å². The van der Waals surface area contributed by atoms with Crippen molar-refractivity contribution in [1.29, 1.82) is 0 Å². The Morgan fingerprint density at radius 1 is 0.848 bits per heavy atom. The summed E-state index contributed by atoms with van der Waals surface area (Å²) in [5, 5.41) is 0. The molecule has 1 aliphatic heterocycles. The molecule has 6 nitrogen and oxygen atoms in total. The van der Waals surface area contributed by atoms with E-state index < -0.39 is 28.2 Å². The van der Waals surface area contributed by atoms with E-state index in [0.29, 0.717) is 12.9 Å². The average molecular weight is 466 g/mol. The van der Waals surface area contributed by atoms with Crippen LogP contribution in [0.15, 0.2) is 89.8 Å². The van der Waals surface area contributed by atoms with Gasteiger partial charge in [-0.3, -0.25) is 0 Å². The van der Waals surface area contributed by atoms with Crippen molar-refractivity contribution >= 4 is 16.3 Å². The van der Waals surface area contributed by atoms with E-state index >= 15 is 0 Å². The van der Waals surface area contributed by atoms with Crippen LogP contribution in [0.4, 0.5) is 0 Å². The second-order valence-corrected chi connectivity index (χ2v) is 9.95. The molecule has 0 unspecified atom stereocenters. The summed E-state index contributed by atoms with van der Waals surface area (Å²) < 4.78 is 40.0. The third-order valence-electron chi connectivity index (χ3n) is 5.76. The fraction of sp³-hybridized carbons (Fsp3) is 0.269. The Morgan fingerprint density at radius 3 is 2.00 bits per heavy atom. The second-order valence-electron chi connectivity index (χ2n) is 8.10. The van der Waals surface area contributed by atoms with Crippen LogP contribution >= 0.6 is 0 Å². The lowest BCUT2D eigenvalue weighted by Crippen LogP contribution is -2.71. The van der Waals surface area contributed by atoms with E-state index in [-0.39, 0.29) is 18.1 Å². The lowest BCUT2D eigenvalue weighted by Gasteiger charge is -2.50. The minimum atomic E-state index is -3.90. The highest BCUT2D eigenvalue weighted by Crippen LogP contribution is 2.35. The molecule has 1 aliphatic rings. The van der Waals surface area contributed by atoms with E-state index in [1.165, 1.54) is 4.31 Å². The van der Waals surface area contributed by atoms with Crippen molar-refractivity contribution in [3.8, 4) is 0 Å². The first-order valence-corrected chi connectivity index (χ1v) is 12.3. The Kier molecular flexibility index (Phi) is 7.35. The van der Waals surface area contributed by atoms with E-state index in [1.54, 1.807) is 24.3 Å². The van der Waals surface area contributed by atoms with Crippen LogP contribution < -0.4 is 0 Å². The monoisotopic (exact) mass is 465 g/mol. The Bertz CT molecular complexity index is 1150. The Hall–Kier alpha value is -2.84. The average Bonchev–Trinajstić information content (AvgIpc) is 2.82. The number of aldehydes is 1. The van der Waals surface area contributed by atoms with Gasteiger partial charge in [0.15, 0.2) is 0 Å². The van der Waals surface area contributed by atoms with Crippen molar-refractivity contribution in [3.05, 3.63) is 102 Å². The number of hydrogen-bond donors (Lipinski definition) is 0. The van der Waals surface area contributed by atoms with Gasteiger partial charge in [0.2, 0.25) is 10.0 Å². The van der Waals surface area contributed by atoms with Crippen LogP contribution in [0.25, 0.3) is 0 Å². The zero-order valence-corrected chi connectivity index (χ0v) is 19.2. The molecular formula is C26H27NO5S. The number of hydrogen-bond acceptors (Lipinski definition) is 5. The summed E-state index contributed by atoms with van der Waals surface area (Å²) >= 11 is 0. The van der Waals surface area contributed by atoms with Crippen LogP contribution in [-0.4, -0.2) is 43.8 Å². The van der Waals surface area contributed by atoms with Crippen molar-refractivity contribution in [2.24, 2.45) is 0 Å². The van der Waals surface area contributed by atoms with Gasteiger partial charge >= 0.3 is 0 Å². The molecule has 0 amide bonds. The number of rotatable bonds is 10. The molecule has 1 saturated heterocycles. The van der Waals surface area contributed by atoms with Crippen molar-refractivity contribution in [3.63, 3.8) is 0 Å². The van der Waals surface area contributed by atoms with Gasteiger partial charge in [-0.25, -0.2) is 8.42 Å². The van der Waals surface area contributed by atoms with Crippen LogP contribution in [-0.2, 0) is 37.5 Å². The molecule has 0 radical (unpaired) electrons. The first-order valence-electron chi connectivity index (χ1n) is 10.8. The predicted molar refractivity (Wildman–Crippen MR) is 125 cm³/mol. The van der Waals surface area contributed by atoms with Crippen LogP contribution in [0, 0.1) is 6.92 Å². The van der Waals surface area contributed by atoms with Crippen molar-refractivity contribution in [2.75, 3.05) is 6.61 Å². The SMILES string of the molecule is Cc1ccc(S(=O)(=O)N2[C@@H](C=O)[C@@H](OCc3ccccc3)[C@@H]2COCc2ccccc2)cc1. The lowest BCUT2D eigenvalue weighted by atomic mass is 9.94. The number of benzene rings is 3. The first kappa shape index (κ1) is 23.3. The molecule has 3 atom stereocenters. The van der Waals surface area contributed by atoms with Crippen LogP contribution in [0.5, 0.6) is 0 Å². The maximum Gasteiger partial charge on any atom is 0.244 e. The molecule has 33 heavy (non-hydrogen) atoms. The second kappa shape index (κ2) is 10.4. The van der Waals surface area contributed by atoms with Gasteiger partial charge in [-0.1, -0.05) is 78.4 Å². The maximum atomic E-state index is 13.4. The number of ether oxygens (including phenoxy) is 2. The molecule has 172 valence electrons. The summed E-state index contributed by atoms with van der Waals surface area (Å²) in [5.74, 6) is 0. The number of carbonyl (C=O) groups excluding carboxylic acids is 1. The molecule has 7 heteroatoms. The summed E-state index contributed by atoms with van der Waals surface area (Å²) in [6, 6.07) is 24.3. The molecule has 0 saturated carbocycles. The first-order chi connectivity index (χ1) is 16.0. The van der Waals surface area contributed by atoms with Crippen LogP contribution in [0.2, 0.25) is 0 Å². The van der Waals surface area contributed by atoms with E-state index in [2.05, 4.69) is 0 Å². The molecule has 3 aromatic carbocycles. The zero-order valence-electron chi connectivity index (χ0n) is 18.4. The summed E-state index contributed by atoms with van der Waals surface area (Å²) in [6.07, 6.45) is 0.0495. The number of sulfonamides is 1. The molecule has 1 fully saturated rings. The third kappa shape index (κ3) is 5.23. The molecule has 4 rings (SSSR count). The van der Waals surface area contributed by atoms with E-state index in [9.17, 15) is 13.2 Å². The predicted octanol–water partition coefficient (Wildman–Crippen LogP) is 3.74. The minimum absolute atomic E-state index is 0.115. The van der Waals surface area contributed by atoms with Gasteiger partial charge in [0.05, 0.1) is 30.8 Å². The van der Waals surface area contributed by atoms with Crippen molar-refractivity contribution in [2.45, 2.75) is 43.2 Å². The van der Waals surface area contributed by atoms with Crippen LogP contribution in [0.3, 0.4) is 0 Å². The Labute approximate surface area is 194 Å². The highest BCUT2D eigenvalue weighted by atomic mass is 32.2. The quantitative estimate of drug-likeness (QED) is 0.427. The minimum Gasteiger partial charge on any atom is -0.375 e. The Morgan fingerprint density at radius 2 is 1.42 bits per heavy atom. The lowest BCUT2D eigenvalue weighted by molar-refractivity contribution is -0.151. The standard InChI is InChI=1S/C26H27NO5S/c1-20-12-14-23(15-13-20)33(29,30)27-24(16-28)26(32-18-22-10-6-3-7-11-22)25(27)19-31-17-21-8-4-2-5-9-21/h2-16,24-26H,17-19H2,1H3/t24-,25-,26+/m0/s1. The molecular weight excluding hydrogens is 438 g/mol. The highest BCUT2D eigenvalue weighted by Gasteiger charge is 2.55. The molecule has 0 aliphatic carbocycles. The van der Waals surface area contributed by atoms with E-state index in [0.717, 1.165) is 16.7 Å². The third-order valence-corrected chi connectivity index (χ3v) is 7.69. The molecule has 0 bridgehead atoms. The van der Waals surface area contributed by atoms with Gasteiger partial charge in [-0.05, 0) is 30.2 Å². The van der Waals surface area contributed by atoms with Crippen molar-refractivity contribution < 1.29 is 22.7 Å². The highest BCUT2D eigenvalue weighted by molar-refractivity contribution is 7.89. The topological polar surface area (TPSA) is 72.9 Å². The number of aryl methyl sites for hydroxylation is 1. The molecule has 0 spiro atoms. The summed E-state index contributed by atoms with van der Waals surface area (Å²) in [4.78, 5) is 12.1. The molecule has 0 aromatic heterocycles. The fourth-order valence-corrected chi connectivity index (χ4v) is 5.71. The van der Waals surface area contributed by atoms with Gasteiger partial charge in [0.25, 0.3) is 0 Å². The van der Waals surface area contributed by atoms with Gasteiger partial charge in [-0.15, -0.1) is 0 Å². The normalized spacial score (nSPS) is 20.8. The van der Waals surface area contributed by atoms with Gasteiger partial charge in [0, 0.05) is 0 Å².